The van der Waals surface area contributed by atoms with Crippen molar-refractivity contribution in [2.24, 2.45) is 0 Å². The van der Waals surface area contributed by atoms with E-state index in [9.17, 15) is 8.42 Å². The molecule has 0 aliphatic heterocycles. The molecule has 0 spiro atoms. The number of thiophene rings is 1. The molecule has 0 fully saturated rings. The molecule has 1 aromatic heterocycles. The van der Waals surface area contributed by atoms with Crippen molar-refractivity contribution in [3.05, 3.63) is 65.5 Å². The van der Waals surface area contributed by atoms with E-state index in [1.807, 2.05) is 5.38 Å². The smallest absolute Gasteiger partial charge is 0.261 e. The SMILES string of the molecule is N#Cc1c(-c2ccc(NS(=O)(=O)c3ccccc3)cc2)csc1N. The number of anilines is 2. The maximum Gasteiger partial charge on any atom is 0.261 e. The molecule has 3 rings (SSSR count). The highest BCUT2D eigenvalue weighted by Crippen LogP contribution is 2.33. The van der Waals surface area contributed by atoms with Crippen molar-refractivity contribution in [1.29, 1.82) is 5.26 Å². The Morgan fingerprint density at radius 1 is 1.04 bits per heavy atom. The minimum atomic E-state index is -3.62. The molecule has 1 heterocycles. The van der Waals surface area contributed by atoms with E-state index in [1.54, 1.807) is 42.5 Å². The minimum Gasteiger partial charge on any atom is -0.389 e. The molecule has 0 atom stereocenters. The number of hydrogen-bond donors (Lipinski definition) is 2. The maximum absolute atomic E-state index is 12.3. The van der Waals surface area contributed by atoms with Crippen LogP contribution in [0.15, 0.2) is 64.9 Å². The standard InChI is InChI=1S/C17H13N3O2S2/c18-10-15-16(11-23-17(15)19)12-6-8-13(9-7-12)20-24(21,22)14-4-2-1-3-5-14/h1-9,11,20H,19H2. The Balaban J connectivity index is 1.87. The average Bonchev–Trinajstić information content (AvgIpc) is 2.97. The van der Waals surface area contributed by atoms with Gasteiger partial charge >= 0.3 is 0 Å². The first kappa shape index (κ1) is 16.1. The lowest BCUT2D eigenvalue weighted by atomic mass is 10.0. The van der Waals surface area contributed by atoms with Crippen molar-refractivity contribution in [2.45, 2.75) is 4.90 Å². The molecule has 0 saturated carbocycles. The number of nitriles is 1. The molecule has 24 heavy (non-hydrogen) atoms. The number of nitrogens with zero attached hydrogens (tertiary/aromatic N) is 1. The van der Waals surface area contributed by atoms with Crippen molar-refractivity contribution in [3.8, 4) is 17.2 Å². The highest BCUT2D eigenvalue weighted by Gasteiger charge is 2.14. The van der Waals surface area contributed by atoms with Gasteiger partial charge in [-0.1, -0.05) is 30.3 Å². The fraction of sp³-hybridized carbons (Fsp3) is 0. The Bertz CT molecular complexity index is 1000. The number of nitrogen functional groups attached to an aromatic ring is 1. The van der Waals surface area contributed by atoms with Crippen LogP contribution in [0.25, 0.3) is 11.1 Å². The Morgan fingerprint density at radius 3 is 2.33 bits per heavy atom. The first-order chi connectivity index (χ1) is 11.5. The Labute approximate surface area is 144 Å². The Hall–Kier alpha value is -2.82. The van der Waals surface area contributed by atoms with Crippen LogP contribution in [0, 0.1) is 11.3 Å². The summed E-state index contributed by atoms with van der Waals surface area (Å²) in [5.41, 5.74) is 8.22. The minimum absolute atomic E-state index is 0.200. The van der Waals surface area contributed by atoms with Crippen LogP contribution in [0.1, 0.15) is 5.56 Å². The molecule has 0 unspecified atom stereocenters. The van der Waals surface area contributed by atoms with Crippen molar-refractivity contribution < 1.29 is 8.42 Å². The summed E-state index contributed by atoms with van der Waals surface area (Å²) in [7, 11) is -3.62. The fourth-order valence-corrected chi connectivity index (χ4v) is 4.08. The lowest BCUT2D eigenvalue weighted by Gasteiger charge is -2.08. The summed E-state index contributed by atoms with van der Waals surface area (Å²) in [5.74, 6) is 0. The number of rotatable bonds is 4. The number of nitrogens with two attached hydrogens (primary N) is 1. The summed E-state index contributed by atoms with van der Waals surface area (Å²) in [6.45, 7) is 0. The predicted octanol–water partition coefficient (Wildman–Crippen LogP) is 3.67. The molecule has 3 N–H and O–H groups in total. The van der Waals surface area contributed by atoms with Crippen molar-refractivity contribution >= 4 is 32.0 Å². The van der Waals surface area contributed by atoms with Crippen LogP contribution in [0.3, 0.4) is 0 Å². The van der Waals surface area contributed by atoms with Gasteiger partial charge in [-0.15, -0.1) is 11.3 Å². The largest absolute Gasteiger partial charge is 0.389 e. The average molecular weight is 355 g/mol. The summed E-state index contributed by atoms with van der Waals surface area (Å²) in [6, 6.07) is 17.1. The quantitative estimate of drug-likeness (QED) is 0.746. The first-order valence-electron chi connectivity index (χ1n) is 6.96. The Morgan fingerprint density at radius 2 is 1.71 bits per heavy atom. The molecule has 0 amide bonds. The van der Waals surface area contributed by atoms with E-state index in [1.165, 1.54) is 23.5 Å². The summed E-state index contributed by atoms with van der Waals surface area (Å²) in [4.78, 5) is 0.200. The van der Waals surface area contributed by atoms with Gasteiger partial charge in [0.2, 0.25) is 0 Å². The highest BCUT2D eigenvalue weighted by molar-refractivity contribution is 7.92. The van der Waals surface area contributed by atoms with Crippen molar-refractivity contribution in [2.75, 3.05) is 10.5 Å². The predicted molar refractivity (Wildman–Crippen MR) is 96.1 cm³/mol. The zero-order valence-electron chi connectivity index (χ0n) is 12.4. The molecule has 3 aromatic rings. The zero-order valence-corrected chi connectivity index (χ0v) is 14.1. The molecule has 0 saturated heterocycles. The summed E-state index contributed by atoms with van der Waals surface area (Å²) in [5, 5.41) is 11.5. The van der Waals surface area contributed by atoms with E-state index in [0.717, 1.165) is 11.1 Å². The summed E-state index contributed by atoms with van der Waals surface area (Å²) in [6.07, 6.45) is 0. The molecule has 7 heteroatoms. The van der Waals surface area contributed by atoms with E-state index in [0.29, 0.717) is 16.3 Å². The van der Waals surface area contributed by atoms with Crippen LogP contribution in [-0.4, -0.2) is 8.42 Å². The molecule has 0 bridgehead atoms. The van der Waals surface area contributed by atoms with E-state index in [2.05, 4.69) is 10.8 Å². The zero-order chi connectivity index (χ0) is 17.2. The van der Waals surface area contributed by atoms with Crippen LogP contribution < -0.4 is 10.5 Å². The third-order valence-corrected chi connectivity index (χ3v) is 5.64. The molecule has 5 nitrogen and oxygen atoms in total. The summed E-state index contributed by atoms with van der Waals surface area (Å²) < 4.78 is 27.1. The van der Waals surface area contributed by atoms with Crippen LogP contribution in [-0.2, 0) is 10.0 Å². The third kappa shape index (κ3) is 3.11. The van der Waals surface area contributed by atoms with Gasteiger partial charge in [0.05, 0.1) is 10.5 Å². The molecule has 0 radical (unpaired) electrons. The van der Waals surface area contributed by atoms with Gasteiger partial charge in [-0.25, -0.2) is 8.42 Å². The molecule has 0 aliphatic carbocycles. The molecule has 120 valence electrons. The monoisotopic (exact) mass is 355 g/mol. The number of hydrogen-bond acceptors (Lipinski definition) is 5. The lowest BCUT2D eigenvalue weighted by molar-refractivity contribution is 0.601. The lowest BCUT2D eigenvalue weighted by Crippen LogP contribution is -2.12. The third-order valence-electron chi connectivity index (χ3n) is 3.43. The van der Waals surface area contributed by atoms with E-state index in [-0.39, 0.29) is 4.90 Å². The molecular weight excluding hydrogens is 342 g/mol. The van der Waals surface area contributed by atoms with Gasteiger partial charge in [0.15, 0.2) is 0 Å². The maximum atomic E-state index is 12.3. The van der Waals surface area contributed by atoms with Crippen molar-refractivity contribution in [3.63, 3.8) is 0 Å². The second-order valence-electron chi connectivity index (χ2n) is 5.00. The molecule has 2 aromatic carbocycles. The first-order valence-corrected chi connectivity index (χ1v) is 9.33. The highest BCUT2D eigenvalue weighted by atomic mass is 32.2. The van der Waals surface area contributed by atoms with Gasteiger partial charge in [-0.05, 0) is 29.8 Å². The van der Waals surface area contributed by atoms with Crippen LogP contribution in [0.5, 0.6) is 0 Å². The van der Waals surface area contributed by atoms with Crippen LogP contribution in [0.2, 0.25) is 0 Å². The normalized spacial score (nSPS) is 11.0. The molecule has 0 aliphatic rings. The topological polar surface area (TPSA) is 96.0 Å². The second kappa shape index (κ2) is 6.35. The van der Waals surface area contributed by atoms with Crippen molar-refractivity contribution in [1.82, 2.24) is 0 Å². The van der Waals surface area contributed by atoms with Gasteiger partial charge < -0.3 is 5.73 Å². The molecular formula is C17H13N3O2S2. The van der Waals surface area contributed by atoms with Gasteiger partial charge in [0, 0.05) is 16.6 Å². The van der Waals surface area contributed by atoms with Gasteiger partial charge in [-0.2, -0.15) is 5.26 Å². The number of sulfonamides is 1. The fourth-order valence-electron chi connectivity index (χ4n) is 2.23. The Kier molecular flexibility index (Phi) is 4.25. The van der Waals surface area contributed by atoms with Crippen LogP contribution >= 0.6 is 11.3 Å². The van der Waals surface area contributed by atoms with E-state index >= 15 is 0 Å². The number of nitrogens with one attached hydrogen (secondary N) is 1. The van der Waals surface area contributed by atoms with E-state index in [4.69, 9.17) is 11.0 Å². The van der Waals surface area contributed by atoms with Gasteiger partial charge in [-0.3, -0.25) is 4.72 Å². The second-order valence-corrected chi connectivity index (χ2v) is 7.59. The summed E-state index contributed by atoms with van der Waals surface area (Å²) >= 11 is 1.31. The number of benzene rings is 2. The van der Waals surface area contributed by atoms with Gasteiger partial charge in [0.1, 0.15) is 11.1 Å². The van der Waals surface area contributed by atoms with E-state index < -0.39 is 10.0 Å². The van der Waals surface area contributed by atoms with Crippen LogP contribution in [0.4, 0.5) is 10.7 Å². The van der Waals surface area contributed by atoms with Gasteiger partial charge in [0.25, 0.3) is 10.0 Å².